The number of piperidine rings is 1. The summed E-state index contributed by atoms with van der Waals surface area (Å²) in [5, 5.41) is 8.11. The number of likely N-dealkylation sites (tertiary alicyclic amines) is 1. The Kier molecular flexibility index (Phi) is 7.08. The quantitative estimate of drug-likeness (QED) is 0.770. The van der Waals surface area contributed by atoms with Gasteiger partial charge in [-0.2, -0.15) is 0 Å². The summed E-state index contributed by atoms with van der Waals surface area (Å²) < 4.78 is 0. The molecule has 1 fully saturated rings. The van der Waals surface area contributed by atoms with Crippen LogP contribution in [0.4, 0.5) is 0 Å². The number of rotatable bonds is 6. The van der Waals surface area contributed by atoms with Gasteiger partial charge in [0, 0.05) is 26.1 Å². The van der Waals surface area contributed by atoms with Gasteiger partial charge in [-0.3, -0.25) is 14.4 Å². The molecule has 30 heavy (non-hydrogen) atoms. The zero-order valence-electron chi connectivity index (χ0n) is 18.0. The third-order valence-electron chi connectivity index (χ3n) is 5.64. The van der Waals surface area contributed by atoms with Crippen molar-refractivity contribution in [1.82, 2.24) is 15.5 Å². The van der Waals surface area contributed by atoms with E-state index >= 15 is 0 Å². The lowest BCUT2D eigenvalue weighted by molar-refractivity contribution is -0.138. The molecule has 2 aromatic rings. The van der Waals surface area contributed by atoms with E-state index in [9.17, 15) is 14.4 Å². The third-order valence-corrected chi connectivity index (χ3v) is 5.64. The van der Waals surface area contributed by atoms with E-state index in [2.05, 4.69) is 10.6 Å². The highest BCUT2D eigenvalue weighted by Crippen LogP contribution is 2.17. The number of nitrogens with one attached hydrogen (secondary N) is 2. The monoisotopic (exact) mass is 409 g/mol. The number of hydrogen-bond acceptors (Lipinski definition) is 3. The summed E-state index contributed by atoms with van der Waals surface area (Å²) in [6.07, 6.45) is 1.72. The molecule has 6 nitrogen and oxygen atoms in total. The van der Waals surface area contributed by atoms with Gasteiger partial charge in [0.1, 0.15) is 6.04 Å². The molecule has 1 aliphatic heterocycles. The fraction of sp³-hybridized carbons (Fsp3) is 0.458. The van der Waals surface area contributed by atoms with Crippen molar-refractivity contribution in [3.05, 3.63) is 48.0 Å². The van der Waals surface area contributed by atoms with Crippen LogP contribution in [0.1, 0.15) is 39.2 Å². The zero-order chi connectivity index (χ0) is 21.7. The van der Waals surface area contributed by atoms with E-state index in [0.29, 0.717) is 13.1 Å². The van der Waals surface area contributed by atoms with Crippen LogP contribution in [0.3, 0.4) is 0 Å². The third kappa shape index (κ3) is 5.59. The minimum atomic E-state index is -0.546. The highest BCUT2D eigenvalue weighted by molar-refractivity contribution is 5.90. The number of hydrogen-bond donors (Lipinski definition) is 2. The van der Waals surface area contributed by atoms with E-state index in [1.807, 2.05) is 56.3 Å². The molecule has 0 spiro atoms. The van der Waals surface area contributed by atoms with Gasteiger partial charge in [-0.05, 0) is 35.1 Å². The number of fused-ring (bicyclic) bond motifs is 1. The second-order valence-corrected chi connectivity index (χ2v) is 8.45. The van der Waals surface area contributed by atoms with Crippen molar-refractivity contribution in [3.63, 3.8) is 0 Å². The van der Waals surface area contributed by atoms with E-state index in [1.54, 1.807) is 4.90 Å². The smallest absolute Gasteiger partial charge is 0.245 e. The largest absolute Gasteiger partial charge is 0.353 e. The summed E-state index contributed by atoms with van der Waals surface area (Å²) in [6.45, 7) is 6.59. The van der Waals surface area contributed by atoms with Crippen molar-refractivity contribution < 1.29 is 14.4 Å². The average molecular weight is 410 g/mol. The van der Waals surface area contributed by atoms with Crippen molar-refractivity contribution in [2.45, 2.75) is 52.1 Å². The second-order valence-electron chi connectivity index (χ2n) is 8.45. The fourth-order valence-electron chi connectivity index (χ4n) is 4.00. The van der Waals surface area contributed by atoms with Gasteiger partial charge in [-0.15, -0.1) is 0 Å². The standard InChI is InChI=1S/C24H31N3O3/c1-16(2)23(24(30)27-12-10-21(11-13-27)25-17(3)28)26-22(29)15-18-8-9-19-6-4-5-7-20(19)14-18/h4-9,14,16,21,23H,10-13,15H2,1-3H3,(H,25,28)(H,26,29). The first-order valence-electron chi connectivity index (χ1n) is 10.7. The van der Waals surface area contributed by atoms with Crippen molar-refractivity contribution in [2.24, 2.45) is 5.92 Å². The summed E-state index contributed by atoms with van der Waals surface area (Å²) >= 11 is 0. The Morgan fingerprint density at radius 1 is 1.03 bits per heavy atom. The maximum atomic E-state index is 13.1. The summed E-state index contributed by atoms with van der Waals surface area (Å²) in [4.78, 5) is 38.8. The van der Waals surface area contributed by atoms with Crippen LogP contribution in [0, 0.1) is 5.92 Å². The van der Waals surface area contributed by atoms with Crippen molar-refractivity contribution >= 4 is 28.5 Å². The number of benzene rings is 2. The maximum absolute atomic E-state index is 13.1. The molecule has 2 N–H and O–H groups in total. The summed E-state index contributed by atoms with van der Waals surface area (Å²) in [5.74, 6) is -0.240. The van der Waals surface area contributed by atoms with E-state index in [1.165, 1.54) is 6.92 Å². The Morgan fingerprint density at radius 2 is 1.70 bits per heavy atom. The maximum Gasteiger partial charge on any atom is 0.245 e. The van der Waals surface area contributed by atoms with Crippen molar-refractivity contribution in [2.75, 3.05) is 13.1 Å². The average Bonchev–Trinajstić information content (AvgIpc) is 2.71. The van der Waals surface area contributed by atoms with E-state index in [-0.39, 0.29) is 36.1 Å². The summed E-state index contributed by atoms with van der Waals surface area (Å²) in [6, 6.07) is 13.6. The molecular formula is C24H31N3O3. The van der Waals surface area contributed by atoms with Gasteiger partial charge >= 0.3 is 0 Å². The summed E-state index contributed by atoms with van der Waals surface area (Å²) in [5.41, 5.74) is 0.928. The number of nitrogens with zero attached hydrogens (tertiary/aromatic N) is 1. The van der Waals surface area contributed by atoms with Crippen LogP contribution in [-0.2, 0) is 20.8 Å². The number of carbonyl (C=O) groups is 3. The van der Waals surface area contributed by atoms with Gasteiger partial charge in [0.2, 0.25) is 17.7 Å². The van der Waals surface area contributed by atoms with E-state index in [0.717, 1.165) is 29.2 Å². The van der Waals surface area contributed by atoms with Gasteiger partial charge in [0.05, 0.1) is 6.42 Å². The van der Waals surface area contributed by atoms with Gasteiger partial charge in [-0.1, -0.05) is 56.3 Å². The Balaban J connectivity index is 1.59. The molecule has 1 atom stereocenters. The van der Waals surface area contributed by atoms with Gasteiger partial charge in [-0.25, -0.2) is 0 Å². The molecule has 1 aliphatic rings. The lowest BCUT2D eigenvalue weighted by atomic mass is 9.99. The van der Waals surface area contributed by atoms with Gasteiger partial charge < -0.3 is 15.5 Å². The minimum absolute atomic E-state index is 0.00822. The summed E-state index contributed by atoms with van der Waals surface area (Å²) in [7, 11) is 0. The first-order chi connectivity index (χ1) is 14.3. The SMILES string of the molecule is CC(=O)NC1CCN(C(=O)C(NC(=O)Cc2ccc3ccccc3c2)C(C)C)CC1. The number of amides is 3. The van der Waals surface area contributed by atoms with Crippen molar-refractivity contribution in [1.29, 1.82) is 0 Å². The Labute approximate surface area is 178 Å². The molecule has 2 aromatic carbocycles. The van der Waals surface area contributed by atoms with E-state index in [4.69, 9.17) is 0 Å². The molecule has 0 saturated carbocycles. The molecule has 3 rings (SSSR count). The molecule has 3 amide bonds. The minimum Gasteiger partial charge on any atom is -0.353 e. The Bertz CT molecular complexity index is 917. The zero-order valence-corrected chi connectivity index (χ0v) is 18.0. The molecule has 6 heteroatoms. The number of carbonyl (C=O) groups excluding carboxylic acids is 3. The van der Waals surface area contributed by atoms with Gasteiger partial charge in [0.25, 0.3) is 0 Å². The molecule has 1 unspecified atom stereocenters. The van der Waals surface area contributed by atoms with Crippen LogP contribution < -0.4 is 10.6 Å². The molecule has 1 heterocycles. The van der Waals surface area contributed by atoms with Crippen LogP contribution in [0.5, 0.6) is 0 Å². The molecule has 160 valence electrons. The topological polar surface area (TPSA) is 78.5 Å². The lowest BCUT2D eigenvalue weighted by Gasteiger charge is -2.35. The van der Waals surface area contributed by atoms with Crippen molar-refractivity contribution in [3.8, 4) is 0 Å². The normalized spacial score (nSPS) is 15.8. The van der Waals surface area contributed by atoms with Crippen LogP contribution >= 0.6 is 0 Å². The van der Waals surface area contributed by atoms with Crippen LogP contribution in [-0.4, -0.2) is 47.8 Å². The predicted octanol–water partition coefficient (Wildman–Crippen LogP) is 2.65. The predicted molar refractivity (Wildman–Crippen MR) is 118 cm³/mol. The van der Waals surface area contributed by atoms with Crippen LogP contribution in [0.25, 0.3) is 10.8 Å². The molecule has 0 aromatic heterocycles. The van der Waals surface area contributed by atoms with Gasteiger partial charge in [0.15, 0.2) is 0 Å². The van der Waals surface area contributed by atoms with E-state index < -0.39 is 6.04 Å². The second kappa shape index (κ2) is 9.74. The first-order valence-corrected chi connectivity index (χ1v) is 10.7. The fourth-order valence-corrected chi connectivity index (χ4v) is 4.00. The highest BCUT2D eigenvalue weighted by Gasteiger charge is 2.31. The molecule has 0 bridgehead atoms. The molecule has 1 saturated heterocycles. The highest BCUT2D eigenvalue weighted by atomic mass is 16.2. The Hall–Kier alpha value is -2.89. The van der Waals surface area contributed by atoms with Crippen LogP contribution in [0.15, 0.2) is 42.5 Å². The first kappa shape index (κ1) is 21.8. The molecule has 0 aliphatic carbocycles. The Morgan fingerprint density at radius 3 is 2.33 bits per heavy atom. The lowest BCUT2D eigenvalue weighted by Crippen LogP contribution is -2.54. The molecule has 0 radical (unpaired) electrons. The van der Waals surface area contributed by atoms with Crippen LogP contribution in [0.2, 0.25) is 0 Å². The molecular weight excluding hydrogens is 378 g/mol.